The van der Waals surface area contributed by atoms with E-state index < -0.39 is 10.8 Å². The highest BCUT2D eigenvalue weighted by molar-refractivity contribution is 5.97. The summed E-state index contributed by atoms with van der Waals surface area (Å²) in [5.41, 5.74) is 0.225. The van der Waals surface area contributed by atoms with Gasteiger partial charge < -0.3 is 19.9 Å². The Morgan fingerprint density at radius 2 is 1.97 bits per heavy atom. The lowest BCUT2D eigenvalue weighted by molar-refractivity contribution is -0.385. The largest absolute Gasteiger partial charge is 0.493 e. The number of carbonyl (C=O) groups is 2. The maximum Gasteiger partial charge on any atom is 0.316 e. The molecule has 0 radical (unpaired) electrons. The predicted octanol–water partition coefficient (Wildman–Crippen LogP) is 0.781. The van der Waals surface area contributed by atoms with Crippen LogP contribution in [0.2, 0.25) is 0 Å². The number of nitrogens with one attached hydrogen (secondary N) is 2. The first kappa shape index (κ1) is 21.4. The molecule has 31 heavy (non-hydrogen) atoms. The number of nitro groups is 1. The van der Waals surface area contributed by atoms with E-state index in [0.29, 0.717) is 17.9 Å². The number of carbonyl (C=O) groups excluding carboxylic acids is 2. The van der Waals surface area contributed by atoms with Gasteiger partial charge in [0.15, 0.2) is 5.82 Å². The summed E-state index contributed by atoms with van der Waals surface area (Å²) in [5.74, 6) is -0.609. The van der Waals surface area contributed by atoms with Crippen LogP contribution in [0.1, 0.15) is 33.8 Å². The van der Waals surface area contributed by atoms with Crippen molar-refractivity contribution < 1.29 is 23.8 Å². The lowest BCUT2D eigenvalue weighted by Gasteiger charge is -2.10. The van der Waals surface area contributed by atoms with Crippen LogP contribution < -0.4 is 15.4 Å². The number of aromatic nitrogens is 4. The number of para-hydroxylation sites is 1. The summed E-state index contributed by atoms with van der Waals surface area (Å²) in [6, 6.07) is 6.85. The molecule has 0 saturated carbocycles. The zero-order valence-electron chi connectivity index (χ0n) is 16.5. The molecular weight excluding hydrogens is 410 g/mol. The molecule has 2 heterocycles. The lowest BCUT2D eigenvalue weighted by atomic mass is 10.2. The van der Waals surface area contributed by atoms with Crippen LogP contribution >= 0.6 is 0 Å². The van der Waals surface area contributed by atoms with E-state index in [9.17, 15) is 19.7 Å². The number of hydrogen-bond donors (Lipinski definition) is 2. The van der Waals surface area contributed by atoms with Crippen molar-refractivity contribution in [2.45, 2.75) is 13.5 Å². The van der Waals surface area contributed by atoms with Gasteiger partial charge in [-0.1, -0.05) is 17.3 Å². The van der Waals surface area contributed by atoms with Crippen LogP contribution in [-0.2, 0) is 6.54 Å². The Kier molecular flexibility index (Phi) is 6.88. The summed E-state index contributed by atoms with van der Waals surface area (Å²) >= 11 is 0. The fraction of sp³-hybridized carbons (Fsp3) is 0.278. The summed E-state index contributed by atoms with van der Waals surface area (Å²) in [4.78, 5) is 38.4. The van der Waals surface area contributed by atoms with Crippen LogP contribution in [0.4, 0.5) is 5.69 Å². The van der Waals surface area contributed by atoms with Crippen LogP contribution in [0.25, 0.3) is 0 Å². The van der Waals surface area contributed by atoms with Gasteiger partial charge in [-0.3, -0.25) is 24.4 Å². The first-order chi connectivity index (χ1) is 15.0. The Morgan fingerprint density at radius 1 is 1.23 bits per heavy atom. The van der Waals surface area contributed by atoms with Gasteiger partial charge in [0.2, 0.25) is 0 Å². The smallest absolute Gasteiger partial charge is 0.316 e. The van der Waals surface area contributed by atoms with E-state index >= 15 is 0 Å². The topological polar surface area (TPSA) is 167 Å². The minimum atomic E-state index is -0.617. The molecule has 2 aromatic heterocycles. The molecule has 0 unspecified atom stereocenters. The molecule has 0 saturated heterocycles. The van der Waals surface area contributed by atoms with Crippen LogP contribution in [0.5, 0.6) is 5.75 Å². The van der Waals surface area contributed by atoms with Crippen LogP contribution in [0, 0.1) is 10.1 Å². The van der Waals surface area contributed by atoms with Gasteiger partial charge in [-0.15, -0.1) is 0 Å². The van der Waals surface area contributed by atoms with Crippen molar-refractivity contribution >= 4 is 17.5 Å². The third-order valence-corrected chi connectivity index (χ3v) is 3.92. The van der Waals surface area contributed by atoms with Gasteiger partial charge in [0.05, 0.1) is 17.1 Å². The average molecular weight is 429 g/mol. The first-order valence-electron chi connectivity index (χ1n) is 9.25. The molecule has 2 amide bonds. The van der Waals surface area contributed by atoms with E-state index in [0.717, 1.165) is 6.20 Å². The van der Waals surface area contributed by atoms with E-state index in [2.05, 4.69) is 25.9 Å². The van der Waals surface area contributed by atoms with Gasteiger partial charge in [0.25, 0.3) is 5.91 Å². The second-order valence-corrected chi connectivity index (χ2v) is 6.11. The molecule has 0 aliphatic heterocycles. The molecule has 2 N–H and O–H groups in total. The lowest BCUT2D eigenvalue weighted by Crippen LogP contribution is -2.35. The predicted molar refractivity (Wildman–Crippen MR) is 105 cm³/mol. The molecule has 0 atom stereocenters. The van der Waals surface area contributed by atoms with Crippen molar-refractivity contribution in [1.29, 1.82) is 0 Å². The van der Waals surface area contributed by atoms with Gasteiger partial charge in [-0.2, -0.15) is 10.1 Å². The van der Waals surface area contributed by atoms with Crippen LogP contribution in [0.3, 0.4) is 0 Å². The van der Waals surface area contributed by atoms with E-state index in [1.54, 1.807) is 24.3 Å². The van der Waals surface area contributed by atoms with Crippen LogP contribution in [0.15, 0.2) is 41.2 Å². The van der Waals surface area contributed by atoms with Crippen molar-refractivity contribution in [3.63, 3.8) is 0 Å². The zero-order chi connectivity index (χ0) is 22.2. The normalized spacial score (nSPS) is 10.5. The third kappa shape index (κ3) is 5.62. The molecule has 162 valence electrons. The maximum absolute atomic E-state index is 12.3. The minimum absolute atomic E-state index is 0.0000820. The molecule has 0 spiro atoms. The molecule has 1 aromatic carbocycles. The van der Waals surface area contributed by atoms with Crippen LogP contribution in [-0.4, -0.2) is 56.4 Å². The van der Waals surface area contributed by atoms with Crippen molar-refractivity contribution in [3.05, 3.63) is 64.1 Å². The number of nitrogens with zero attached hydrogens (tertiary/aromatic N) is 5. The second-order valence-electron chi connectivity index (χ2n) is 6.11. The Morgan fingerprint density at radius 3 is 2.68 bits per heavy atom. The fourth-order valence-corrected chi connectivity index (χ4v) is 2.55. The zero-order valence-corrected chi connectivity index (χ0v) is 16.5. The van der Waals surface area contributed by atoms with E-state index in [4.69, 9.17) is 9.26 Å². The first-order valence-corrected chi connectivity index (χ1v) is 9.25. The van der Waals surface area contributed by atoms with Gasteiger partial charge in [0.1, 0.15) is 24.7 Å². The quantitative estimate of drug-likeness (QED) is 0.269. The van der Waals surface area contributed by atoms with Crippen molar-refractivity contribution in [2.24, 2.45) is 0 Å². The Hall–Kier alpha value is -4.29. The van der Waals surface area contributed by atoms with Crippen molar-refractivity contribution in [1.82, 2.24) is 30.6 Å². The number of hydrogen-bond acceptors (Lipinski definition) is 9. The summed E-state index contributed by atoms with van der Waals surface area (Å²) < 4.78 is 11.6. The Bertz CT molecular complexity index is 1080. The molecule has 0 aliphatic carbocycles. The maximum atomic E-state index is 12.3. The fourth-order valence-electron chi connectivity index (χ4n) is 2.55. The van der Waals surface area contributed by atoms with E-state index in [1.807, 2.05) is 6.92 Å². The second kappa shape index (κ2) is 9.96. The number of rotatable bonds is 10. The van der Waals surface area contributed by atoms with Crippen molar-refractivity contribution in [3.8, 4) is 5.75 Å². The molecule has 13 heteroatoms. The molecule has 3 aromatic rings. The highest BCUT2D eigenvalue weighted by Crippen LogP contribution is 2.17. The van der Waals surface area contributed by atoms with Gasteiger partial charge in [0, 0.05) is 13.1 Å². The number of amides is 2. The highest BCUT2D eigenvalue weighted by atomic mass is 16.6. The molecule has 3 rings (SSSR count). The minimum Gasteiger partial charge on any atom is -0.493 e. The molecule has 0 bridgehead atoms. The third-order valence-electron chi connectivity index (χ3n) is 3.92. The summed E-state index contributed by atoms with van der Waals surface area (Å²) in [6.07, 6.45) is 2.30. The SMILES string of the molecule is CCOc1ccccc1C(=O)NCCNC(=O)c1nc(Cn2cc([N+](=O)[O-])cn2)no1. The van der Waals surface area contributed by atoms with E-state index in [1.165, 1.54) is 10.9 Å². The Labute approximate surface area is 175 Å². The summed E-state index contributed by atoms with van der Waals surface area (Å²) in [7, 11) is 0. The average Bonchev–Trinajstić information content (AvgIpc) is 3.42. The monoisotopic (exact) mass is 429 g/mol. The number of ether oxygens (including phenoxy) is 1. The summed E-state index contributed by atoms with van der Waals surface area (Å²) in [5, 5.41) is 23.4. The highest BCUT2D eigenvalue weighted by Gasteiger charge is 2.17. The molecule has 0 aliphatic rings. The molecule has 13 nitrogen and oxygen atoms in total. The van der Waals surface area contributed by atoms with Gasteiger partial charge >= 0.3 is 17.5 Å². The molecular formula is C18H19N7O6. The summed E-state index contributed by atoms with van der Waals surface area (Å²) in [6.45, 7) is 2.56. The Balaban J connectivity index is 1.46. The van der Waals surface area contributed by atoms with Gasteiger partial charge in [-0.25, -0.2) is 0 Å². The molecule has 0 fully saturated rings. The standard InChI is InChI=1S/C18H19N7O6/c1-2-30-14-6-4-3-5-13(14)16(26)19-7-8-20-17(27)18-22-15(23-31-18)11-24-10-12(9-21-24)25(28)29/h3-6,9-10H,2,7-8,11H2,1H3,(H,19,26)(H,20,27). The van der Waals surface area contributed by atoms with E-state index in [-0.39, 0.29) is 42.9 Å². The number of benzene rings is 1. The van der Waals surface area contributed by atoms with Gasteiger partial charge in [-0.05, 0) is 19.1 Å². The van der Waals surface area contributed by atoms with Crippen molar-refractivity contribution in [2.75, 3.05) is 19.7 Å².